The summed E-state index contributed by atoms with van der Waals surface area (Å²) in [6, 6.07) is 13.4. The molecule has 3 rings (SSSR count). The van der Waals surface area contributed by atoms with E-state index >= 15 is 0 Å². The molecule has 30 heavy (non-hydrogen) atoms. The number of para-hydroxylation sites is 2. The predicted octanol–water partition coefficient (Wildman–Crippen LogP) is 3.51. The van der Waals surface area contributed by atoms with E-state index in [-0.39, 0.29) is 5.69 Å². The van der Waals surface area contributed by atoms with Gasteiger partial charge in [-0.25, -0.2) is 4.68 Å². The molecule has 1 heterocycles. The summed E-state index contributed by atoms with van der Waals surface area (Å²) in [6.45, 7) is 0.344. The summed E-state index contributed by atoms with van der Waals surface area (Å²) in [6.07, 6.45) is 4.21. The molecule has 0 aliphatic carbocycles. The van der Waals surface area contributed by atoms with E-state index in [0.717, 1.165) is 5.56 Å². The summed E-state index contributed by atoms with van der Waals surface area (Å²) in [4.78, 5) is 22.9. The average Bonchev–Trinajstić information content (AvgIpc) is 3.18. The molecule has 0 bridgehead atoms. The van der Waals surface area contributed by atoms with Crippen molar-refractivity contribution in [2.45, 2.75) is 6.54 Å². The third-order valence-electron chi connectivity index (χ3n) is 4.32. The van der Waals surface area contributed by atoms with Gasteiger partial charge in [0.2, 0.25) is 5.91 Å². The minimum atomic E-state index is -0.492. The molecule has 1 aromatic heterocycles. The molecule has 0 radical (unpaired) electrons. The van der Waals surface area contributed by atoms with Crippen molar-refractivity contribution in [3.8, 4) is 11.5 Å². The Bertz CT molecular complexity index is 1090. The number of amides is 1. The number of nitro groups is 1. The molecule has 0 aliphatic heterocycles. The lowest BCUT2D eigenvalue weighted by Gasteiger charge is -2.14. The lowest BCUT2D eigenvalue weighted by Crippen LogP contribution is -2.14. The normalized spacial score (nSPS) is 10.7. The topological polar surface area (TPSA) is 109 Å². The van der Waals surface area contributed by atoms with Crippen LogP contribution in [0.4, 0.5) is 11.5 Å². The van der Waals surface area contributed by atoms with Crippen molar-refractivity contribution in [3.05, 3.63) is 82.0 Å². The van der Waals surface area contributed by atoms with Crippen LogP contribution in [0.15, 0.2) is 60.8 Å². The molecule has 0 saturated heterocycles. The first-order chi connectivity index (χ1) is 14.5. The van der Waals surface area contributed by atoms with E-state index in [9.17, 15) is 14.9 Å². The molecule has 1 N–H and O–H groups in total. The number of rotatable bonds is 8. The number of nitrogens with zero attached hydrogens (tertiary/aromatic N) is 3. The van der Waals surface area contributed by atoms with Gasteiger partial charge in [-0.2, -0.15) is 5.10 Å². The maximum atomic E-state index is 12.3. The second-order valence-electron chi connectivity index (χ2n) is 6.17. The largest absolute Gasteiger partial charge is 0.493 e. The maximum Gasteiger partial charge on any atom is 0.276 e. The van der Waals surface area contributed by atoms with Gasteiger partial charge in [-0.15, -0.1) is 0 Å². The molecule has 0 unspecified atom stereocenters. The van der Waals surface area contributed by atoms with Crippen molar-refractivity contribution in [3.63, 3.8) is 0 Å². The van der Waals surface area contributed by atoms with Crippen molar-refractivity contribution in [1.82, 2.24) is 9.78 Å². The van der Waals surface area contributed by atoms with Gasteiger partial charge in [-0.3, -0.25) is 14.9 Å². The Kier molecular flexibility index (Phi) is 6.43. The summed E-state index contributed by atoms with van der Waals surface area (Å²) in [5.41, 5.74) is 1.09. The Morgan fingerprint density at radius 3 is 2.70 bits per heavy atom. The molecule has 0 spiro atoms. The van der Waals surface area contributed by atoms with Crippen LogP contribution in [-0.2, 0) is 11.3 Å². The van der Waals surface area contributed by atoms with Gasteiger partial charge < -0.3 is 14.8 Å². The van der Waals surface area contributed by atoms with Gasteiger partial charge in [0.05, 0.1) is 37.4 Å². The Labute approximate surface area is 172 Å². The van der Waals surface area contributed by atoms with Crippen LogP contribution in [0.1, 0.15) is 11.1 Å². The lowest BCUT2D eigenvalue weighted by molar-refractivity contribution is -0.385. The highest BCUT2D eigenvalue weighted by Crippen LogP contribution is 2.31. The van der Waals surface area contributed by atoms with Gasteiger partial charge >= 0.3 is 0 Å². The standard InChI is InChI=1S/C21H20N4O5/c1-29-18-9-5-7-16(21(18)30-2)14-24-19(12-13-22-24)23-20(26)11-10-15-6-3-4-8-17(15)25(27)28/h3-13H,14H2,1-2H3,(H,23,26)/b11-10+. The molecule has 0 atom stereocenters. The van der Waals surface area contributed by atoms with Crippen LogP contribution in [0.2, 0.25) is 0 Å². The molecule has 154 valence electrons. The average molecular weight is 408 g/mol. The summed E-state index contributed by atoms with van der Waals surface area (Å²) in [7, 11) is 3.12. The van der Waals surface area contributed by atoms with Crippen molar-refractivity contribution in [1.29, 1.82) is 0 Å². The monoisotopic (exact) mass is 408 g/mol. The van der Waals surface area contributed by atoms with Crippen molar-refractivity contribution >= 4 is 23.5 Å². The van der Waals surface area contributed by atoms with Gasteiger partial charge in [0.15, 0.2) is 11.5 Å². The molecule has 1 amide bonds. The zero-order valence-electron chi connectivity index (χ0n) is 16.4. The number of aromatic nitrogens is 2. The second-order valence-corrected chi connectivity index (χ2v) is 6.17. The summed E-state index contributed by atoms with van der Waals surface area (Å²) in [5, 5.41) is 18.1. The van der Waals surface area contributed by atoms with Crippen LogP contribution in [0.5, 0.6) is 11.5 Å². The zero-order valence-corrected chi connectivity index (χ0v) is 16.4. The molecular weight excluding hydrogens is 388 g/mol. The molecule has 9 nitrogen and oxygen atoms in total. The highest BCUT2D eigenvalue weighted by molar-refractivity contribution is 6.01. The van der Waals surface area contributed by atoms with E-state index in [0.29, 0.717) is 29.4 Å². The predicted molar refractivity (Wildman–Crippen MR) is 112 cm³/mol. The van der Waals surface area contributed by atoms with E-state index in [1.54, 1.807) is 55.4 Å². The minimum Gasteiger partial charge on any atom is -0.493 e. The first-order valence-corrected chi connectivity index (χ1v) is 8.97. The van der Waals surface area contributed by atoms with Crippen molar-refractivity contribution in [2.24, 2.45) is 0 Å². The van der Waals surface area contributed by atoms with Gasteiger partial charge in [-0.05, 0) is 18.2 Å². The van der Waals surface area contributed by atoms with Crippen LogP contribution >= 0.6 is 0 Å². The van der Waals surface area contributed by atoms with Crippen LogP contribution in [-0.4, -0.2) is 34.8 Å². The fraction of sp³-hybridized carbons (Fsp3) is 0.143. The highest BCUT2D eigenvalue weighted by Gasteiger charge is 2.13. The van der Waals surface area contributed by atoms with E-state index in [4.69, 9.17) is 9.47 Å². The molecule has 0 aliphatic rings. The quantitative estimate of drug-likeness (QED) is 0.347. The number of nitro benzene ring substituents is 1. The highest BCUT2D eigenvalue weighted by atomic mass is 16.6. The molecule has 3 aromatic rings. The van der Waals surface area contributed by atoms with E-state index in [2.05, 4.69) is 10.4 Å². The Hall–Kier alpha value is -4.14. The third kappa shape index (κ3) is 4.64. The second kappa shape index (κ2) is 9.37. The SMILES string of the molecule is COc1cccc(Cn2nccc2NC(=O)/C=C/c2ccccc2[N+](=O)[O-])c1OC. The Balaban J connectivity index is 1.75. The summed E-state index contributed by atoms with van der Waals surface area (Å²) >= 11 is 0. The number of nitrogens with one attached hydrogen (secondary N) is 1. The smallest absolute Gasteiger partial charge is 0.276 e. The van der Waals surface area contributed by atoms with Crippen LogP contribution in [0.25, 0.3) is 6.08 Å². The first-order valence-electron chi connectivity index (χ1n) is 8.97. The number of anilines is 1. The molecule has 9 heteroatoms. The van der Waals surface area contributed by atoms with Crippen molar-refractivity contribution < 1.29 is 19.2 Å². The van der Waals surface area contributed by atoms with Crippen LogP contribution in [0, 0.1) is 10.1 Å². The van der Waals surface area contributed by atoms with Crippen molar-refractivity contribution in [2.75, 3.05) is 19.5 Å². The minimum absolute atomic E-state index is 0.0725. The van der Waals surface area contributed by atoms with Gasteiger partial charge in [0.1, 0.15) is 5.82 Å². The summed E-state index contributed by atoms with van der Waals surface area (Å²) in [5.74, 6) is 1.22. The molecule has 2 aromatic carbocycles. The number of carbonyl (C=O) groups is 1. The first kappa shape index (κ1) is 20.6. The third-order valence-corrected chi connectivity index (χ3v) is 4.32. The Morgan fingerprint density at radius 2 is 1.97 bits per heavy atom. The number of methoxy groups -OCH3 is 2. The van der Waals surface area contributed by atoms with Crippen LogP contribution < -0.4 is 14.8 Å². The summed E-state index contributed by atoms with van der Waals surface area (Å²) < 4.78 is 12.4. The molecule has 0 saturated carbocycles. The maximum absolute atomic E-state index is 12.3. The lowest BCUT2D eigenvalue weighted by atomic mass is 10.1. The Morgan fingerprint density at radius 1 is 1.17 bits per heavy atom. The van der Waals surface area contributed by atoms with Crippen LogP contribution in [0.3, 0.4) is 0 Å². The number of benzene rings is 2. The van der Waals surface area contributed by atoms with E-state index in [1.165, 1.54) is 18.2 Å². The number of ether oxygens (including phenoxy) is 2. The van der Waals surface area contributed by atoms with Gasteiger partial charge in [-0.1, -0.05) is 24.3 Å². The van der Waals surface area contributed by atoms with E-state index in [1.807, 2.05) is 12.1 Å². The van der Waals surface area contributed by atoms with Gasteiger partial charge in [0.25, 0.3) is 5.69 Å². The number of hydrogen-bond acceptors (Lipinski definition) is 6. The number of hydrogen-bond donors (Lipinski definition) is 1. The molecular formula is C21H20N4O5. The van der Waals surface area contributed by atoms with Gasteiger partial charge in [0, 0.05) is 23.8 Å². The van der Waals surface area contributed by atoms with E-state index < -0.39 is 10.8 Å². The molecule has 0 fully saturated rings. The fourth-order valence-electron chi connectivity index (χ4n) is 2.93. The fourth-order valence-corrected chi connectivity index (χ4v) is 2.93. The zero-order chi connectivity index (χ0) is 21.5. The number of carbonyl (C=O) groups excluding carboxylic acids is 1.